The van der Waals surface area contributed by atoms with Gasteiger partial charge >= 0.3 is 5.97 Å². The molecule has 0 heterocycles. The Morgan fingerprint density at radius 2 is 1.36 bits per heavy atom. The van der Waals surface area contributed by atoms with E-state index >= 15 is 0 Å². The lowest BCUT2D eigenvalue weighted by molar-refractivity contribution is -0.117. The number of carbonyl (C=O) groups excluding carboxylic acids is 3. The first kappa shape index (κ1) is 16.7. The molecule has 2 amide bonds. The Balaban J connectivity index is 1.60. The van der Waals surface area contributed by atoms with Gasteiger partial charge in [0.15, 0.2) is 0 Å². The lowest BCUT2D eigenvalue weighted by Crippen LogP contribution is -2.14. The summed E-state index contributed by atoms with van der Waals surface area (Å²) in [6.07, 6.45) is 1.89. The fourth-order valence-electron chi connectivity index (χ4n) is 2.31. The van der Waals surface area contributed by atoms with Crippen molar-refractivity contribution in [2.75, 3.05) is 17.7 Å². The second-order valence-electron chi connectivity index (χ2n) is 5.86. The predicted molar refractivity (Wildman–Crippen MR) is 93.5 cm³/mol. The van der Waals surface area contributed by atoms with Gasteiger partial charge in [-0.25, -0.2) is 4.79 Å². The molecule has 0 unspecified atom stereocenters. The Morgan fingerprint density at radius 3 is 1.88 bits per heavy atom. The van der Waals surface area contributed by atoms with Gasteiger partial charge in [-0.3, -0.25) is 9.59 Å². The summed E-state index contributed by atoms with van der Waals surface area (Å²) in [7, 11) is 1.31. The molecule has 25 heavy (non-hydrogen) atoms. The van der Waals surface area contributed by atoms with Gasteiger partial charge in [-0.05, 0) is 61.4 Å². The number of carbonyl (C=O) groups is 3. The van der Waals surface area contributed by atoms with Gasteiger partial charge in [0.25, 0.3) is 5.91 Å². The summed E-state index contributed by atoms with van der Waals surface area (Å²) in [6, 6.07) is 13.1. The third kappa shape index (κ3) is 4.23. The van der Waals surface area contributed by atoms with E-state index in [9.17, 15) is 14.4 Å². The lowest BCUT2D eigenvalue weighted by Gasteiger charge is -2.08. The van der Waals surface area contributed by atoms with E-state index in [1.54, 1.807) is 48.5 Å². The molecule has 0 radical (unpaired) electrons. The van der Waals surface area contributed by atoms with E-state index in [-0.39, 0.29) is 17.7 Å². The Hall–Kier alpha value is -3.15. The standard InChI is InChI=1S/C19H18N2O4/c1-25-19(24)14-6-10-16(11-7-14)21-18(23)13-4-8-15(9-5-13)20-17(22)12-2-3-12/h4-12H,2-3H2,1H3,(H,20,22)(H,21,23). The summed E-state index contributed by atoms with van der Waals surface area (Å²) in [6.45, 7) is 0. The van der Waals surface area contributed by atoms with Crippen molar-refractivity contribution in [3.05, 3.63) is 59.7 Å². The molecule has 1 aliphatic rings. The van der Waals surface area contributed by atoms with Crippen molar-refractivity contribution in [2.45, 2.75) is 12.8 Å². The normalized spacial score (nSPS) is 13.0. The van der Waals surface area contributed by atoms with Gasteiger partial charge in [0.1, 0.15) is 0 Å². The average molecular weight is 338 g/mol. The van der Waals surface area contributed by atoms with Crippen molar-refractivity contribution in [1.29, 1.82) is 0 Å². The smallest absolute Gasteiger partial charge is 0.337 e. The topological polar surface area (TPSA) is 84.5 Å². The zero-order valence-corrected chi connectivity index (χ0v) is 13.7. The maximum absolute atomic E-state index is 12.3. The van der Waals surface area contributed by atoms with Crippen LogP contribution in [-0.4, -0.2) is 24.9 Å². The maximum Gasteiger partial charge on any atom is 0.337 e. The van der Waals surface area contributed by atoms with Crippen LogP contribution in [0.5, 0.6) is 0 Å². The van der Waals surface area contributed by atoms with Crippen molar-refractivity contribution in [3.8, 4) is 0 Å². The van der Waals surface area contributed by atoms with Crippen LogP contribution in [0.2, 0.25) is 0 Å². The fourth-order valence-corrected chi connectivity index (χ4v) is 2.31. The molecular weight excluding hydrogens is 320 g/mol. The Morgan fingerprint density at radius 1 is 0.840 bits per heavy atom. The minimum Gasteiger partial charge on any atom is -0.465 e. The Labute approximate surface area is 145 Å². The number of ether oxygens (including phenoxy) is 1. The van der Waals surface area contributed by atoms with Gasteiger partial charge in [0.05, 0.1) is 12.7 Å². The molecule has 0 atom stereocenters. The number of hydrogen-bond donors (Lipinski definition) is 2. The van der Waals surface area contributed by atoms with Gasteiger partial charge in [-0.2, -0.15) is 0 Å². The van der Waals surface area contributed by atoms with E-state index < -0.39 is 5.97 Å². The fraction of sp³-hybridized carbons (Fsp3) is 0.211. The number of benzene rings is 2. The van der Waals surface area contributed by atoms with Gasteiger partial charge in [0, 0.05) is 22.9 Å². The molecule has 6 nitrogen and oxygen atoms in total. The molecule has 1 fully saturated rings. The van der Waals surface area contributed by atoms with Gasteiger partial charge in [-0.15, -0.1) is 0 Å². The molecule has 0 aliphatic heterocycles. The minimum atomic E-state index is -0.429. The molecule has 128 valence electrons. The van der Waals surface area contributed by atoms with E-state index in [1.807, 2.05) is 0 Å². The minimum absolute atomic E-state index is 0.0305. The number of methoxy groups -OCH3 is 1. The summed E-state index contributed by atoms with van der Waals surface area (Å²) in [5.74, 6) is -0.536. The van der Waals surface area contributed by atoms with E-state index in [2.05, 4.69) is 15.4 Å². The zero-order chi connectivity index (χ0) is 17.8. The van der Waals surface area contributed by atoms with Gasteiger partial charge in [0.2, 0.25) is 5.91 Å². The molecule has 2 N–H and O–H groups in total. The Kier molecular flexibility index (Phi) is 4.79. The second-order valence-corrected chi connectivity index (χ2v) is 5.86. The van der Waals surface area contributed by atoms with Crippen molar-refractivity contribution in [2.24, 2.45) is 5.92 Å². The third-order valence-electron chi connectivity index (χ3n) is 3.93. The van der Waals surface area contributed by atoms with Crippen molar-refractivity contribution >= 4 is 29.2 Å². The van der Waals surface area contributed by atoms with Crippen LogP contribution in [0, 0.1) is 5.92 Å². The molecule has 0 saturated heterocycles. The second kappa shape index (κ2) is 7.17. The first-order valence-corrected chi connectivity index (χ1v) is 7.97. The van der Waals surface area contributed by atoms with Crippen LogP contribution in [0.15, 0.2) is 48.5 Å². The Bertz CT molecular complexity index is 793. The van der Waals surface area contributed by atoms with E-state index in [4.69, 9.17) is 0 Å². The molecule has 3 rings (SSSR count). The highest BCUT2D eigenvalue weighted by atomic mass is 16.5. The third-order valence-corrected chi connectivity index (χ3v) is 3.93. The largest absolute Gasteiger partial charge is 0.465 e. The van der Waals surface area contributed by atoms with Crippen molar-refractivity contribution in [1.82, 2.24) is 0 Å². The molecule has 2 aromatic carbocycles. The maximum atomic E-state index is 12.3. The highest BCUT2D eigenvalue weighted by molar-refractivity contribution is 6.05. The highest BCUT2D eigenvalue weighted by Gasteiger charge is 2.29. The van der Waals surface area contributed by atoms with Crippen LogP contribution >= 0.6 is 0 Å². The monoisotopic (exact) mass is 338 g/mol. The van der Waals surface area contributed by atoms with Crippen LogP contribution in [0.4, 0.5) is 11.4 Å². The summed E-state index contributed by atoms with van der Waals surface area (Å²) >= 11 is 0. The van der Waals surface area contributed by atoms with E-state index in [1.165, 1.54) is 7.11 Å². The van der Waals surface area contributed by atoms with Crippen LogP contribution < -0.4 is 10.6 Å². The highest BCUT2D eigenvalue weighted by Crippen LogP contribution is 2.30. The zero-order valence-electron chi connectivity index (χ0n) is 13.7. The molecule has 1 aliphatic carbocycles. The molecule has 0 aromatic heterocycles. The average Bonchev–Trinajstić information content (AvgIpc) is 3.47. The van der Waals surface area contributed by atoms with E-state index in [0.717, 1.165) is 12.8 Å². The number of anilines is 2. The molecular formula is C19H18N2O4. The molecule has 2 aromatic rings. The number of amides is 2. The van der Waals surface area contributed by atoms with Gasteiger partial charge in [-0.1, -0.05) is 0 Å². The molecule has 1 saturated carbocycles. The van der Waals surface area contributed by atoms with Crippen LogP contribution in [0.3, 0.4) is 0 Å². The first-order chi connectivity index (χ1) is 12.1. The van der Waals surface area contributed by atoms with Crippen LogP contribution in [0.1, 0.15) is 33.6 Å². The first-order valence-electron chi connectivity index (χ1n) is 7.97. The number of rotatable bonds is 5. The number of hydrogen-bond acceptors (Lipinski definition) is 4. The van der Waals surface area contributed by atoms with Crippen molar-refractivity contribution < 1.29 is 19.1 Å². The quantitative estimate of drug-likeness (QED) is 0.821. The van der Waals surface area contributed by atoms with E-state index in [0.29, 0.717) is 22.5 Å². The molecule has 0 spiro atoms. The predicted octanol–water partition coefficient (Wildman–Crippen LogP) is 3.07. The van der Waals surface area contributed by atoms with Crippen LogP contribution in [-0.2, 0) is 9.53 Å². The summed E-state index contributed by atoms with van der Waals surface area (Å²) < 4.78 is 4.63. The number of esters is 1. The SMILES string of the molecule is COC(=O)c1ccc(NC(=O)c2ccc(NC(=O)C3CC3)cc2)cc1. The van der Waals surface area contributed by atoms with Gasteiger partial charge < -0.3 is 15.4 Å². The summed E-state index contributed by atoms with van der Waals surface area (Å²) in [5, 5.41) is 5.58. The van der Waals surface area contributed by atoms with Crippen molar-refractivity contribution in [3.63, 3.8) is 0 Å². The van der Waals surface area contributed by atoms with Crippen LogP contribution in [0.25, 0.3) is 0 Å². The molecule has 6 heteroatoms. The number of nitrogens with one attached hydrogen (secondary N) is 2. The molecule has 0 bridgehead atoms. The summed E-state index contributed by atoms with van der Waals surface area (Å²) in [5.41, 5.74) is 2.14. The lowest BCUT2D eigenvalue weighted by atomic mass is 10.1. The summed E-state index contributed by atoms with van der Waals surface area (Å²) in [4.78, 5) is 35.3.